The smallest absolute Gasteiger partial charge is 0.328 e. The molecule has 9 nitrogen and oxygen atoms in total. The maximum atomic E-state index is 6.05. The van der Waals surface area contributed by atoms with Gasteiger partial charge in [0, 0.05) is 7.05 Å². The van der Waals surface area contributed by atoms with Crippen molar-refractivity contribution in [2.75, 3.05) is 17.7 Å². The van der Waals surface area contributed by atoms with Crippen LogP contribution in [0.5, 0.6) is 11.8 Å². The van der Waals surface area contributed by atoms with E-state index in [1.165, 1.54) is 6.20 Å². The molecule has 2 heterocycles. The molecule has 0 aliphatic heterocycles. The summed E-state index contributed by atoms with van der Waals surface area (Å²) in [5, 5.41) is 16.2. The predicted molar refractivity (Wildman–Crippen MR) is 80.6 cm³/mol. The van der Waals surface area contributed by atoms with Crippen LogP contribution < -0.4 is 15.4 Å². The zero-order valence-corrected chi connectivity index (χ0v) is 12.2. The number of nitrogens with one attached hydrogen (secondary N) is 3. The molecule has 112 valence electrons. The third-order valence-electron chi connectivity index (χ3n) is 2.53. The summed E-state index contributed by atoms with van der Waals surface area (Å²) in [6.07, 6.45) is 1.50. The Hall–Kier alpha value is -2.94. The summed E-state index contributed by atoms with van der Waals surface area (Å²) in [6, 6.07) is 7.13. The number of para-hydroxylation sites is 1. The molecule has 0 unspecified atom stereocenters. The van der Waals surface area contributed by atoms with Crippen molar-refractivity contribution in [3.8, 4) is 11.8 Å². The first-order valence-corrected chi connectivity index (χ1v) is 6.61. The van der Waals surface area contributed by atoms with Crippen LogP contribution in [0.15, 0.2) is 30.5 Å². The van der Waals surface area contributed by atoms with Gasteiger partial charge in [-0.15, -0.1) is 5.10 Å². The minimum atomic E-state index is 0.0958. The van der Waals surface area contributed by atoms with Gasteiger partial charge in [0.2, 0.25) is 11.9 Å². The van der Waals surface area contributed by atoms with Crippen LogP contribution in [0.3, 0.4) is 0 Å². The fourth-order valence-electron chi connectivity index (χ4n) is 1.57. The van der Waals surface area contributed by atoms with E-state index in [4.69, 9.17) is 16.3 Å². The molecule has 0 spiro atoms. The fraction of sp³-hybridized carbons (Fsp3) is 0.0833. The average molecular weight is 319 g/mol. The summed E-state index contributed by atoms with van der Waals surface area (Å²) in [4.78, 5) is 12.4. The molecule has 0 amide bonds. The second-order valence-electron chi connectivity index (χ2n) is 4.03. The van der Waals surface area contributed by atoms with Crippen LogP contribution in [0.2, 0.25) is 5.02 Å². The molecule has 0 aliphatic carbocycles. The molecule has 2 aromatic heterocycles. The van der Waals surface area contributed by atoms with Crippen LogP contribution in [0, 0.1) is 0 Å². The maximum Gasteiger partial charge on any atom is 0.328 e. The molecule has 0 saturated carbocycles. The first-order chi connectivity index (χ1) is 10.7. The lowest BCUT2D eigenvalue weighted by Gasteiger charge is -2.08. The van der Waals surface area contributed by atoms with Crippen molar-refractivity contribution in [1.82, 2.24) is 30.4 Å². The quantitative estimate of drug-likeness (QED) is 0.656. The monoisotopic (exact) mass is 318 g/mol. The van der Waals surface area contributed by atoms with E-state index in [0.29, 0.717) is 22.5 Å². The van der Waals surface area contributed by atoms with E-state index in [0.717, 1.165) is 0 Å². The van der Waals surface area contributed by atoms with Crippen LogP contribution in [0.25, 0.3) is 0 Å². The third kappa shape index (κ3) is 3.20. The summed E-state index contributed by atoms with van der Waals surface area (Å²) < 4.78 is 5.59. The molecule has 0 fully saturated rings. The molecule has 22 heavy (non-hydrogen) atoms. The Morgan fingerprint density at radius 3 is 2.68 bits per heavy atom. The number of halogens is 1. The highest BCUT2D eigenvalue weighted by Crippen LogP contribution is 2.27. The molecular weight excluding hydrogens is 308 g/mol. The van der Waals surface area contributed by atoms with Gasteiger partial charge in [-0.3, -0.25) is 0 Å². The van der Waals surface area contributed by atoms with Crippen molar-refractivity contribution in [2.24, 2.45) is 0 Å². The van der Waals surface area contributed by atoms with E-state index < -0.39 is 0 Å². The molecule has 3 N–H and O–H groups in total. The highest BCUT2D eigenvalue weighted by molar-refractivity contribution is 6.32. The molecule has 3 aromatic rings. The Labute approximate surface area is 130 Å². The van der Waals surface area contributed by atoms with Crippen LogP contribution in [0.1, 0.15) is 0 Å². The minimum absolute atomic E-state index is 0.0958. The Morgan fingerprint density at radius 2 is 1.95 bits per heavy atom. The highest BCUT2D eigenvalue weighted by atomic mass is 35.5. The van der Waals surface area contributed by atoms with Crippen molar-refractivity contribution in [3.05, 3.63) is 35.5 Å². The van der Waals surface area contributed by atoms with Crippen LogP contribution in [-0.4, -0.2) is 37.4 Å². The maximum absolute atomic E-state index is 6.05. The second kappa shape index (κ2) is 6.22. The van der Waals surface area contributed by atoms with Gasteiger partial charge < -0.3 is 15.4 Å². The Bertz CT molecular complexity index is 764. The SMILES string of the molecule is CNc1nc(Nc2cn[nH]n2)nc(Oc2ccccc2Cl)n1. The van der Waals surface area contributed by atoms with E-state index in [9.17, 15) is 0 Å². The zero-order chi connectivity index (χ0) is 15.4. The van der Waals surface area contributed by atoms with E-state index in [-0.39, 0.29) is 12.0 Å². The van der Waals surface area contributed by atoms with E-state index >= 15 is 0 Å². The van der Waals surface area contributed by atoms with Crippen molar-refractivity contribution in [1.29, 1.82) is 0 Å². The fourth-order valence-corrected chi connectivity index (χ4v) is 1.75. The average Bonchev–Trinajstić information content (AvgIpc) is 3.02. The molecule has 1 aromatic carbocycles. The first-order valence-electron chi connectivity index (χ1n) is 6.23. The standard InChI is InChI=1S/C12H11ClN8O/c1-14-10-17-11(16-9-6-15-21-20-9)19-12(18-10)22-8-5-3-2-4-7(8)13/h2-6H,1H3,(H3,14,15,16,17,18,19,20,21). The largest absolute Gasteiger partial charge is 0.423 e. The number of ether oxygens (including phenoxy) is 1. The molecule has 0 bridgehead atoms. The summed E-state index contributed by atoms with van der Waals surface area (Å²) in [5.41, 5.74) is 0. The summed E-state index contributed by atoms with van der Waals surface area (Å²) >= 11 is 6.05. The summed E-state index contributed by atoms with van der Waals surface area (Å²) in [5.74, 6) is 1.51. The van der Waals surface area contributed by atoms with Gasteiger partial charge in [-0.25, -0.2) is 0 Å². The number of benzene rings is 1. The van der Waals surface area contributed by atoms with Crippen LogP contribution >= 0.6 is 11.6 Å². The van der Waals surface area contributed by atoms with Crippen LogP contribution in [-0.2, 0) is 0 Å². The molecule has 0 saturated heterocycles. The van der Waals surface area contributed by atoms with Crippen molar-refractivity contribution >= 4 is 29.3 Å². The van der Waals surface area contributed by atoms with Crippen molar-refractivity contribution < 1.29 is 4.74 Å². The van der Waals surface area contributed by atoms with Gasteiger partial charge in [0.25, 0.3) is 0 Å². The normalized spacial score (nSPS) is 10.3. The molecule has 3 rings (SSSR count). The number of aromatic amines is 1. The second-order valence-corrected chi connectivity index (χ2v) is 4.44. The van der Waals surface area contributed by atoms with Gasteiger partial charge in [0.1, 0.15) is 5.75 Å². The van der Waals surface area contributed by atoms with Crippen molar-refractivity contribution in [2.45, 2.75) is 0 Å². The predicted octanol–water partition coefficient (Wildman–Crippen LogP) is 2.22. The van der Waals surface area contributed by atoms with Gasteiger partial charge >= 0.3 is 6.01 Å². The summed E-state index contributed by atoms with van der Waals surface area (Å²) in [6.45, 7) is 0. The van der Waals surface area contributed by atoms with Gasteiger partial charge in [-0.05, 0) is 12.1 Å². The van der Waals surface area contributed by atoms with Gasteiger partial charge in [-0.1, -0.05) is 23.7 Å². The lowest BCUT2D eigenvalue weighted by Crippen LogP contribution is -2.05. The summed E-state index contributed by atoms with van der Waals surface area (Å²) in [7, 11) is 1.69. The minimum Gasteiger partial charge on any atom is -0.423 e. The molecular formula is C12H11ClN8O. The van der Waals surface area contributed by atoms with E-state index in [2.05, 4.69) is 41.0 Å². The number of rotatable bonds is 5. The van der Waals surface area contributed by atoms with E-state index in [1.807, 2.05) is 0 Å². The van der Waals surface area contributed by atoms with Gasteiger partial charge in [-0.2, -0.15) is 25.3 Å². The lowest BCUT2D eigenvalue weighted by molar-refractivity contribution is 0.442. The molecule has 0 radical (unpaired) electrons. The topological polar surface area (TPSA) is 114 Å². The Morgan fingerprint density at radius 1 is 1.14 bits per heavy atom. The highest BCUT2D eigenvalue weighted by Gasteiger charge is 2.10. The van der Waals surface area contributed by atoms with Gasteiger partial charge in [0.05, 0.1) is 11.2 Å². The first kappa shape index (κ1) is 14.0. The van der Waals surface area contributed by atoms with Crippen LogP contribution in [0.4, 0.5) is 17.7 Å². The number of hydrogen-bond donors (Lipinski definition) is 3. The number of hydrogen-bond acceptors (Lipinski definition) is 8. The third-order valence-corrected chi connectivity index (χ3v) is 2.84. The Balaban J connectivity index is 1.89. The lowest BCUT2D eigenvalue weighted by atomic mass is 10.3. The van der Waals surface area contributed by atoms with Gasteiger partial charge in [0.15, 0.2) is 5.82 Å². The molecule has 0 atom stereocenters. The number of aromatic nitrogens is 6. The molecule has 10 heteroatoms. The number of nitrogens with zero attached hydrogens (tertiary/aromatic N) is 5. The number of anilines is 3. The molecule has 0 aliphatic rings. The zero-order valence-electron chi connectivity index (χ0n) is 11.4. The number of H-pyrrole nitrogens is 1. The van der Waals surface area contributed by atoms with Crippen molar-refractivity contribution in [3.63, 3.8) is 0 Å². The Kier molecular flexibility index (Phi) is 3.97. The van der Waals surface area contributed by atoms with E-state index in [1.54, 1.807) is 31.3 Å².